The average Bonchev–Trinajstić information content (AvgIpc) is 2.33. The number of aryl methyl sites for hydroxylation is 1. The van der Waals surface area contributed by atoms with Crippen LogP contribution in [0.25, 0.3) is 0 Å². The number of fused-ring (bicyclic) bond motifs is 3. The van der Waals surface area contributed by atoms with Crippen LogP contribution in [0.1, 0.15) is 36.3 Å². The highest BCUT2D eigenvalue weighted by molar-refractivity contribution is 5.77. The number of amides is 1. The van der Waals surface area contributed by atoms with Crippen LogP contribution < -0.4 is 0 Å². The van der Waals surface area contributed by atoms with Gasteiger partial charge in [0.1, 0.15) is 0 Å². The molecule has 3 rings (SSSR count). The normalized spacial score (nSPS) is 28.6. The van der Waals surface area contributed by atoms with Gasteiger partial charge < -0.3 is 4.90 Å². The van der Waals surface area contributed by atoms with Crippen molar-refractivity contribution in [2.45, 2.75) is 37.6 Å². The van der Waals surface area contributed by atoms with Crippen LogP contribution in [0.15, 0.2) is 24.3 Å². The van der Waals surface area contributed by atoms with Crippen LogP contribution >= 0.6 is 0 Å². The highest BCUT2D eigenvalue weighted by Crippen LogP contribution is 2.40. The van der Waals surface area contributed by atoms with Gasteiger partial charge in [-0.05, 0) is 30.4 Å². The second-order valence-electron chi connectivity index (χ2n) is 4.95. The lowest BCUT2D eigenvalue weighted by Gasteiger charge is -2.43. The molecule has 1 aromatic rings. The summed E-state index contributed by atoms with van der Waals surface area (Å²) in [6, 6.07) is 9.17. The van der Waals surface area contributed by atoms with Crippen LogP contribution in [0.4, 0.5) is 0 Å². The van der Waals surface area contributed by atoms with E-state index in [0.29, 0.717) is 24.3 Å². The first-order valence-corrected chi connectivity index (χ1v) is 6.11. The van der Waals surface area contributed by atoms with Gasteiger partial charge in [0.05, 0.1) is 0 Å². The minimum atomic E-state index is 0.320. The lowest BCUT2D eigenvalue weighted by Crippen LogP contribution is -2.47. The minimum absolute atomic E-state index is 0.320. The third kappa shape index (κ3) is 1.36. The SMILES string of the molecule is CN1C(=O)CC[C@H]2c3ccccc3CC[C@H]21. The number of likely N-dealkylation sites (tertiary alicyclic amines) is 1. The Kier molecular flexibility index (Phi) is 2.23. The molecular formula is C14H17NO. The Labute approximate surface area is 96.3 Å². The summed E-state index contributed by atoms with van der Waals surface area (Å²) in [6.07, 6.45) is 4.00. The van der Waals surface area contributed by atoms with E-state index in [1.54, 1.807) is 0 Å². The lowest BCUT2D eigenvalue weighted by atomic mass is 9.74. The number of carbonyl (C=O) groups excluding carboxylic acids is 1. The van der Waals surface area contributed by atoms with Crippen molar-refractivity contribution in [1.29, 1.82) is 0 Å². The zero-order valence-corrected chi connectivity index (χ0v) is 9.65. The van der Waals surface area contributed by atoms with Crippen LogP contribution in [-0.4, -0.2) is 23.9 Å². The second-order valence-corrected chi connectivity index (χ2v) is 4.95. The zero-order valence-electron chi connectivity index (χ0n) is 9.65. The summed E-state index contributed by atoms with van der Waals surface area (Å²) in [4.78, 5) is 13.7. The van der Waals surface area contributed by atoms with Gasteiger partial charge >= 0.3 is 0 Å². The number of carbonyl (C=O) groups is 1. The standard InChI is InChI=1S/C14H17NO/c1-15-13-8-6-10-4-2-3-5-11(10)12(13)7-9-14(15)16/h2-5,12-13H,6-9H2,1H3/t12-,13+/m0/s1. The van der Waals surface area contributed by atoms with Crippen molar-refractivity contribution in [3.8, 4) is 0 Å². The van der Waals surface area contributed by atoms with E-state index < -0.39 is 0 Å². The fraction of sp³-hybridized carbons (Fsp3) is 0.500. The van der Waals surface area contributed by atoms with Crippen molar-refractivity contribution >= 4 is 5.91 Å². The molecule has 2 atom stereocenters. The molecule has 2 nitrogen and oxygen atoms in total. The third-order valence-corrected chi connectivity index (χ3v) is 4.19. The Morgan fingerprint density at radius 3 is 2.88 bits per heavy atom. The fourth-order valence-electron chi connectivity index (χ4n) is 3.29. The van der Waals surface area contributed by atoms with Gasteiger partial charge in [0.15, 0.2) is 0 Å². The van der Waals surface area contributed by atoms with Crippen molar-refractivity contribution in [3.05, 3.63) is 35.4 Å². The van der Waals surface area contributed by atoms with Crippen molar-refractivity contribution in [3.63, 3.8) is 0 Å². The molecule has 1 aliphatic heterocycles. The smallest absolute Gasteiger partial charge is 0.222 e. The molecule has 1 aliphatic carbocycles. The highest BCUT2D eigenvalue weighted by Gasteiger charge is 2.37. The van der Waals surface area contributed by atoms with Crippen LogP contribution in [0.3, 0.4) is 0 Å². The molecule has 16 heavy (non-hydrogen) atoms. The van der Waals surface area contributed by atoms with E-state index in [0.717, 1.165) is 19.3 Å². The van der Waals surface area contributed by atoms with E-state index in [-0.39, 0.29) is 0 Å². The second kappa shape index (κ2) is 3.62. The summed E-state index contributed by atoms with van der Waals surface area (Å²) in [5.74, 6) is 0.897. The Morgan fingerprint density at radius 1 is 1.19 bits per heavy atom. The molecule has 84 valence electrons. The maximum atomic E-state index is 11.7. The molecule has 1 saturated heterocycles. The monoisotopic (exact) mass is 215 g/mol. The topological polar surface area (TPSA) is 20.3 Å². The first kappa shape index (κ1) is 9.88. The van der Waals surface area contributed by atoms with Crippen molar-refractivity contribution in [1.82, 2.24) is 4.90 Å². The van der Waals surface area contributed by atoms with Crippen LogP contribution in [0, 0.1) is 0 Å². The Morgan fingerprint density at radius 2 is 2.00 bits per heavy atom. The molecule has 1 aromatic carbocycles. The van der Waals surface area contributed by atoms with Crippen molar-refractivity contribution in [2.24, 2.45) is 0 Å². The van der Waals surface area contributed by atoms with E-state index in [4.69, 9.17) is 0 Å². The zero-order chi connectivity index (χ0) is 11.1. The number of hydrogen-bond donors (Lipinski definition) is 0. The molecule has 0 spiro atoms. The predicted octanol–water partition coefficient (Wildman–Crippen LogP) is 2.34. The van der Waals surface area contributed by atoms with E-state index in [1.807, 2.05) is 11.9 Å². The molecular weight excluding hydrogens is 198 g/mol. The van der Waals surface area contributed by atoms with Gasteiger partial charge in [-0.25, -0.2) is 0 Å². The molecule has 1 heterocycles. The molecule has 1 fully saturated rings. The molecule has 2 aliphatic rings. The van der Waals surface area contributed by atoms with Crippen LogP contribution in [0.5, 0.6) is 0 Å². The van der Waals surface area contributed by atoms with E-state index >= 15 is 0 Å². The number of benzene rings is 1. The molecule has 1 amide bonds. The molecule has 0 bridgehead atoms. The summed E-state index contributed by atoms with van der Waals surface area (Å²) in [5, 5.41) is 0. The number of rotatable bonds is 0. The summed E-state index contributed by atoms with van der Waals surface area (Å²) in [6.45, 7) is 0. The summed E-state index contributed by atoms with van der Waals surface area (Å²) >= 11 is 0. The Balaban J connectivity index is 1.99. The van der Waals surface area contributed by atoms with Gasteiger partial charge in [-0.2, -0.15) is 0 Å². The molecule has 0 aromatic heterocycles. The Hall–Kier alpha value is -1.31. The van der Waals surface area contributed by atoms with Gasteiger partial charge in [-0.1, -0.05) is 24.3 Å². The van der Waals surface area contributed by atoms with Gasteiger partial charge in [0, 0.05) is 25.4 Å². The number of nitrogens with zero attached hydrogens (tertiary/aromatic N) is 1. The van der Waals surface area contributed by atoms with Crippen LogP contribution in [-0.2, 0) is 11.2 Å². The first-order valence-electron chi connectivity index (χ1n) is 6.11. The Bertz CT molecular complexity index is 426. The molecule has 0 unspecified atom stereocenters. The molecule has 0 radical (unpaired) electrons. The fourth-order valence-corrected chi connectivity index (χ4v) is 3.29. The summed E-state index contributed by atoms with van der Waals surface area (Å²) in [7, 11) is 1.97. The first-order chi connectivity index (χ1) is 7.77. The molecule has 0 saturated carbocycles. The molecule has 2 heteroatoms. The number of piperidine rings is 1. The maximum absolute atomic E-state index is 11.7. The molecule has 0 N–H and O–H groups in total. The number of likely N-dealkylation sites (N-methyl/N-ethyl adjacent to an activating group) is 1. The lowest BCUT2D eigenvalue weighted by molar-refractivity contribution is -0.135. The van der Waals surface area contributed by atoms with Gasteiger partial charge in [-0.3, -0.25) is 4.79 Å². The average molecular weight is 215 g/mol. The van der Waals surface area contributed by atoms with E-state index in [9.17, 15) is 4.79 Å². The van der Waals surface area contributed by atoms with Crippen LogP contribution in [0.2, 0.25) is 0 Å². The van der Waals surface area contributed by atoms with Gasteiger partial charge in [-0.15, -0.1) is 0 Å². The maximum Gasteiger partial charge on any atom is 0.222 e. The largest absolute Gasteiger partial charge is 0.342 e. The van der Waals surface area contributed by atoms with Crippen molar-refractivity contribution in [2.75, 3.05) is 7.05 Å². The van der Waals surface area contributed by atoms with E-state index in [1.165, 1.54) is 11.1 Å². The quantitative estimate of drug-likeness (QED) is 0.650. The summed E-state index contributed by atoms with van der Waals surface area (Å²) < 4.78 is 0. The summed E-state index contributed by atoms with van der Waals surface area (Å²) in [5.41, 5.74) is 2.98. The van der Waals surface area contributed by atoms with Crippen molar-refractivity contribution < 1.29 is 4.79 Å². The highest BCUT2D eigenvalue weighted by atomic mass is 16.2. The minimum Gasteiger partial charge on any atom is -0.342 e. The predicted molar refractivity (Wildman–Crippen MR) is 63.3 cm³/mol. The third-order valence-electron chi connectivity index (χ3n) is 4.19. The van der Waals surface area contributed by atoms with Gasteiger partial charge in [0.25, 0.3) is 0 Å². The number of hydrogen-bond acceptors (Lipinski definition) is 1. The van der Waals surface area contributed by atoms with Gasteiger partial charge in [0.2, 0.25) is 5.91 Å². The van der Waals surface area contributed by atoms with E-state index in [2.05, 4.69) is 24.3 Å².